The van der Waals surface area contributed by atoms with Gasteiger partial charge in [0.15, 0.2) is 5.82 Å². The van der Waals surface area contributed by atoms with Gasteiger partial charge in [-0.3, -0.25) is 5.43 Å². The maximum atomic E-state index is 4.67. The number of aromatic nitrogens is 2. The van der Waals surface area contributed by atoms with E-state index in [-0.39, 0.29) is 0 Å². The Kier molecular flexibility index (Phi) is 3.37. The number of nitrogens with zero attached hydrogens (tertiary/aromatic N) is 3. The molecule has 1 N–H and O–H groups in total. The zero-order valence-corrected chi connectivity index (χ0v) is 13.2. The summed E-state index contributed by atoms with van der Waals surface area (Å²) in [6.07, 6.45) is 10.2. The van der Waals surface area contributed by atoms with Gasteiger partial charge in [0.1, 0.15) is 11.2 Å². The predicted octanol–water partition coefficient (Wildman–Crippen LogP) is 4.16. The van der Waals surface area contributed by atoms with Crippen LogP contribution in [-0.2, 0) is 12.8 Å². The second kappa shape index (κ2) is 5.37. The van der Waals surface area contributed by atoms with Gasteiger partial charge >= 0.3 is 0 Å². The molecule has 4 rings (SSSR count). The van der Waals surface area contributed by atoms with Gasteiger partial charge in [-0.25, -0.2) is 9.97 Å². The van der Waals surface area contributed by atoms with Gasteiger partial charge in [0, 0.05) is 10.6 Å². The van der Waals surface area contributed by atoms with E-state index in [4.69, 9.17) is 0 Å². The fourth-order valence-electron chi connectivity index (χ4n) is 3.47. The largest absolute Gasteiger partial charge is 0.261 e. The quantitative estimate of drug-likeness (QED) is 0.847. The van der Waals surface area contributed by atoms with Crippen LogP contribution in [0.4, 0.5) is 5.82 Å². The van der Waals surface area contributed by atoms with E-state index >= 15 is 0 Å². The highest BCUT2D eigenvalue weighted by atomic mass is 32.1. The maximum absolute atomic E-state index is 4.67. The molecule has 4 nitrogen and oxygen atoms in total. The maximum Gasteiger partial charge on any atom is 0.158 e. The minimum atomic E-state index is 0.594. The molecule has 0 unspecified atom stereocenters. The third-order valence-corrected chi connectivity index (χ3v) is 5.90. The molecule has 110 valence electrons. The second-order valence-corrected chi connectivity index (χ2v) is 7.21. The van der Waals surface area contributed by atoms with E-state index in [2.05, 4.69) is 27.4 Å². The normalized spacial score (nSPS) is 23.7. The van der Waals surface area contributed by atoms with Crippen molar-refractivity contribution in [3.05, 3.63) is 16.8 Å². The van der Waals surface area contributed by atoms with Crippen molar-refractivity contribution in [3.8, 4) is 0 Å². The van der Waals surface area contributed by atoms with Crippen LogP contribution in [0.2, 0.25) is 0 Å². The summed E-state index contributed by atoms with van der Waals surface area (Å²) < 4.78 is 0. The Labute approximate surface area is 128 Å². The second-order valence-electron chi connectivity index (χ2n) is 6.12. The Balaban J connectivity index is 1.69. The van der Waals surface area contributed by atoms with Gasteiger partial charge in [0.2, 0.25) is 0 Å². The number of hydrogen-bond acceptors (Lipinski definition) is 5. The lowest BCUT2D eigenvalue weighted by atomic mass is 9.89. The lowest BCUT2D eigenvalue weighted by molar-refractivity contribution is 0.558. The molecule has 2 heterocycles. The fourth-order valence-corrected chi connectivity index (χ4v) is 4.70. The molecule has 0 radical (unpaired) electrons. The Morgan fingerprint density at radius 1 is 1.19 bits per heavy atom. The van der Waals surface area contributed by atoms with Crippen LogP contribution in [0.1, 0.15) is 49.5 Å². The van der Waals surface area contributed by atoms with Crippen molar-refractivity contribution in [1.29, 1.82) is 0 Å². The van der Waals surface area contributed by atoms with Crippen LogP contribution in [0.15, 0.2) is 11.4 Å². The van der Waals surface area contributed by atoms with Crippen LogP contribution in [-0.4, -0.2) is 15.7 Å². The highest BCUT2D eigenvalue weighted by Gasteiger charge is 2.21. The zero-order valence-electron chi connectivity index (χ0n) is 12.4. The average Bonchev–Trinajstić information content (AvgIpc) is 3.07. The first-order valence-electron chi connectivity index (χ1n) is 7.90. The van der Waals surface area contributed by atoms with Crippen molar-refractivity contribution in [2.24, 2.45) is 11.0 Å². The summed E-state index contributed by atoms with van der Waals surface area (Å²) in [6, 6.07) is 0. The Morgan fingerprint density at radius 2 is 2.14 bits per heavy atom. The number of hydrogen-bond donors (Lipinski definition) is 1. The molecule has 2 aromatic rings. The van der Waals surface area contributed by atoms with Crippen molar-refractivity contribution >= 4 is 33.1 Å². The van der Waals surface area contributed by atoms with Gasteiger partial charge in [-0.1, -0.05) is 13.3 Å². The summed E-state index contributed by atoms with van der Waals surface area (Å²) in [6.45, 7) is 2.28. The lowest BCUT2D eigenvalue weighted by Gasteiger charge is -2.20. The molecule has 0 bridgehead atoms. The molecule has 0 aliphatic heterocycles. The van der Waals surface area contributed by atoms with Crippen LogP contribution >= 0.6 is 11.3 Å². The predicted molar refractivity (Wildman–Crippen MR) is 88.1 cm³/mol. The van der Waals surface area contributed by atoms with E-state index in [1.54, 1.807) is 6.33 Å². The number of nitrogens with one attached hydrogen (secondary N) is 1. The molecule has 1 fully saturated rings. The van der Waals surface area contributed by atoms with Crippen LogP contribution in [0.25, 0.3) is 10.2 Å². The van der Waals surface area contributed by atoms with Crippen molar-refractivity contribution in [3.63, 3.8) is 0 Å². The zero-order chi connectivity index (χ0) is 14.2. The van der Waals surface area contributed by atoms with E-state index in [0.29, 0.717) is 5.92 Å². The third-order valence-electron chi connectivity index (χ3n) is 4.70. The van der Waals surface area contributed by atoms with Gasteiger partial charge in [-0.2, -0.15) is 5.10 Å². The molecule has 2 aromatic heterocycles. The molecular formula is C16H20N4S. The molecule has 2 aliphatic carbocycles. The minimum Gasteiger partial charge on any atom is -0.261 e. The van der Waals surface area contributed by atoms with Crippen LogP contribution in [0.5, 0.6) is 0 Å². The number of rotatable bonds is 2. The van der Waals surface area contributed by atoms with E-state index in [9.17, 15) is 0 Å². The van der Waals surface area contributed by atoms with Crippen LogP contribution in [0.3, 0.4) is 0 Å². The number of fused-ring (bicyclic) bond motifs is 3. The molecule has 1 saturated carbocycles. The average molecular weight is 300 g/mol. The van der Waals surface area contributed by atoms with Crippen molar-refractivity contribution in [2.75, 3.05) is 5.43 Å². The summed E-state index contributed by atoms with van der Waals surface area (Å²) in [5.41, 5.74) is 5.99. The summed E-state index contributed by atoms with van der Waals surface area (Å²) in [7, 11) is 0. The minimum absolute atomic E-state index is 0.594. The molecule has 0 amide bonds. The summed E-state index contributed by atoms with van der Waals surface area (Å²) in [5.74, 6) is 1.49. The Bertz CT molecular complexity index is 704. The van der Waals surface area contributed by atoms with Gasteiger partial charge in [-0.05, 0) is 50.0 Å². The van der Waals surface area contributed by atoms with Crippen LogP contribution in [0, 0.1) is 5.92 Å². The molecule has 0 spiro atoms. The summed E-state index contributed by atoms with van der Waals surface area (Å²) in [5, 5.41) is 5.88. The summed E-state index contributed by atoms with van der Waals surface area (Å²) in [4.78, 5) is 11.5. The molecule has 5 heteroatoms. The van der Waals surface area contributed by atoms with E-state index < -0.39 is 0 Å². The van der Waals surface area contributed by atoms with Gasteiger partial charge in [0.05, 0.1) is 5.39 Å². The topological polar surface area (TPSA) is 50.2 Å². The molecule has 1 atom stereocenters. The fraction of sp³-hybridized carbons (Fsp3) is 0.562. The SMILES string of the molecule is C[C@H]1CCCCC1=NNc1ncnc2sc3c(c12)CCC3. The highest BCUT2D eigenvalue weighted by Crippen LogP contribution is 2.39. The van der Waals surface area contributed by atoms with Gasteiger partial charge < -0.3 is 0 Å². The first-order chi connectivity index (χ1) is 10.3. The number of aryl methyl sites for hydroxylation is 2. The number of hydrazone groups is 1. The van der Waals surface area contributed by atoms with E-state index in [0.717, 1.165) is 23.5 Å². The van der Waals surface area contributed by atoms with Crippen LogP contribution < -0.4 is 5.43 Å². The monoisotopic (exact) mass is 300 g/mol. The molecular weight excluding hydrogens is 280 g/mol. The third kappa shape index (κ3) is 2.33. The van der Waals surface area contributed by atoms with E-state index in [1.165, 1.54) is 53.6 Å². The first-order valence-corrected chi connectivity index (χ1v) is 8.72. The number of thiophene rings is 1. The van der Waals surface area contributed by atoms with Crippen molar-refractivity contribution in [1.82, 2.24) is 9.97 Å². The Morgan fingerprint density at radius 3 is 3.05 bits per heavy atom. The molecule has 21 heavy (non-hydrogen) atoms. The highest BCUT2D eigenvalue weighted by molar-refractivity contribution is 7.19. The van der Waals surface area contributed by atoms with Gasteiger partial charge in [0.25, 0.3) is 0 Å². The molecule has 0 aromatic carbocycles. The van der Waals surface area contributed by atoms with Crippen molar-refractivity contribution in [2.45, 2.75) is 51.9 Å². The molecule has 0 saturated heterocycles. The molecule has 2 aliphatic rings. The van der Waals surface area contributed by atoms with Crippen molar-refractivity contribution < 1.29 is 0 Å². The standard InChI is InChI=1S/C16H20N4S/c1-10-5-2-3-7-12(10)19-20-15-14-11-6-4-8-13(11)21-16(14)18-9-17-15/h9-10H,2-8H2,1H3,(H,17,18,20)/t10-/m0/s1. The first kappa shape index (κ1) is 13.2. The number of anilines is 1. The smallest absolute Gasteiger partial charge is 0.158 e. The summed E-state index contributed by atoms with van der Waals surface area (Å²) >= 11 is 1.82. The Hall–Kier alpha value is -1.49. The van der Waals surface area contributed by atoms with Gasteiger partial charge in [-0.15, -0.1) is 11.3 Å². The van der Waals surface area contributed by atoms with E-state index in [1.807, 2.05) is 11.3 Å². The lowest BCUT2D eigenvalue weighted by Crippen LogP contribution is -2.17.